The molecule has 0 bridgehead atoms. The van der Waals surface area contributed by atoms with Crippen LogP contribution in [0.15, 0.2) is 78.0 Å². The van der Waals surface area contributed by atoms with Crippen LogP contribution < -0.4 is 10.5 Å². The molecule has 3 N–H and O–H groups in total. The second kappa shape index (κ2) is 8.64. The van der Waals surface area contributed by atoms with Gasteiger partial charge < -0.3 is 5.32 Å². The zero-order valence-corrected chi connectivity index (χ0v) is 15.8. The van der Waals surface area contributed by atoms with Gasteiger partial charge in [-0.3, -0.25) is 4.79 Å². The third kappa shape index (κ3) is 5.38. The number of nitrogens with two attached hydrogens (primary N) is 1. The topological polar surface area (TPSA) is 107 Å². The van der Waals surface area contributed by atoms with E-state index in [4.69, 9.17) is 5.14 Å². The summed E-state index contributed by atoms with van der Waals surface area (Å²) in [6.45, 7) is 0.432. The second-order valence-corrected chi connectivity index (χ2v) is 7.68. The Morgan fingerprint density at radius 1 is 1.11 bits per heavy atom. The van der Waals surface area contributed by atoms with Gasteiger partial charge in [0.05, 0.1) is 16.8 Å². The fourth-order valence-electron chi connectivity index (χ4n) is 2.55. The summed E-state index contributed by atoms with van der Waals surface area (Å²) in [6.07, 6.45) is 7.26. The summed E-state index contributed by atoms with van der Waals surface area (Å²) in [6, 6.07) is 16.0. The fourth-order valence-corrected chi connectivity index (χ4v) is 3.07. The van der Waals surface area contributed by atoms with Crippen molar-refractivity contribution in [3.63, 3.8) is 0 Å². The number of nitrogens with one attached hydrogen (secondary N) is 1. The summed E-state index contributed by atoms with van der Waals surface area (Å²) >= 11 is 0. The molecule has 0 saturated carbocycles. The molecule has 3 rings (SSSR count). The molecule has 0 aliphatic heterocycles. The SMILES string of the molecule is NS(=O)(=O)c1ccc(CCNC(=O)/C=C/c2cnn(-c3ccccc3)c2)cc1. The first-order valence-electron chi connectivity index (χ1n) is 8.59. The summed E-state index contributed by atoms with van der Waals surface area (Å²) in [5.41, 5.74) is 2.67. The number of sulfonamides is 1. The van der Waals surface area contributed by atoms with E-state index in [1.54, 1.807) is 29.1 Å². The molecule has 0 aliphatic rings. The normalized spacial score (nSPS) is 11.6. The molecule has 0 fully saturated rings. The minimum absolute atomic E-state index is 0.0688. The number of carbonyl (C=O) groups excluding carboxylic acids is 1. The Morgan fingerprint density at radius 3 is 2.50 bits per heavy atom. The maximum absolute atomic E-state index is 11.9. The Kier molecular flexibility index (Phi) is 6.03. The molecule has 1 heterocycles. The lowest BCUT2D eigenvalue weighted by Gasteiger charge is -2.04. The van der Waals surface area contributed by atoms with Crippen LogP contribution in [-0.2, 0) is 21.2 Å². The Hall–Kier alpha value is -3.23. The largest absolute Gasteiger partial charge is 0.352 e. The minimum atomic E-state index is -3.69. The van der Waals surface area contributed by atoms with Gasteiger partial charge in [0.1, 0.15) is 0 Å². The van der Waals surface area contributed by atoms with Gasteiger partial charge in [-0.15, -0.1) is 0 Å². The van der Waals surface area contributed by atoms with Crippen molar-refractivity contribution in [2.75, 3.05) is 6.54 Å². The van der Waals surface area contributed by atoms with E-state index in [-0.39, 0.29) is 10.8 Å². The van der Waals surface area contributed by atoms with Crippen molar-refractivity contribution in [1.29, 1.82) is 0 Å². The molecule has 7 nitrogen and oxygen atoms in total. The number of nitrogens with zero attached hydrogens (tertiary/aromatic N) is 2. The first-order valence-corrected chi connectivity index (χ1v) is 10.1. The molecule has 3 aromatic rings. The second-order valence-electron chi connectivity index (χ2n) is 6.12. The predicted molar refractivity (Wildman–Crippen MR) is 107 cm³/mol. The molecule has 144 valence electrons. The molecule has 1 amide bonds. The molecule has 0 radical (unpaired) electrons. The van der Waals surface area contributed by atoms with Gasteiger partial charge in [0.25, 0.3) is 0 Å². The zero-order chi connectivity index (χ0) is 20.0. The number of primary sulfonamides is 1. The van der Waals surface area contributed by atoms with E-state index >= 15 is 0 Å². The molecular weight excluding hydrogens is 376 g/mol. The van der Waals surface area contributed by atoms with Crippen molar-refractivity contribution in [1.82, 2.24) is 15.1 Å². The Bertz CT molecular complexity index is 1070. The van der Waals surface area contributed by atoms with Crippen molar-refractivity contribution in [3.05, 3.63) is 84.2 Å². The Morgan fingerprint density at radius 2 is 1.82 bits per heavy atom. The third-order valence-electron chi connectivity index (χ3n) is 4.02. The maximum Gasteiger partial charge on any atom is 0.244 e. The number of carbonyl (C=O) groups is 1. The first kappa shape index (κ1) is 19.5. The summed E-state index contributed by atoms with van der Waals surface area (Å²) in [5.74, 6) is -0.214. The minimum Gasteiger partial charge on any atom is -0.352 e. The molecule has 0 atom stereocenters. The lowest BCUT2D eigenvalue weighted by atomic mass is 10.1. The van der Waals surface area contributed by atoms with Crippen LogP contribution in [-0.4, -0.2) is 30.7 Å². The van der Waals surface area contributed by atoms with E-state index < -0.39 is 10.0 Å². The van der Waals surface area contributed by atoms with Gasteiger partial charge >= 0.3 is 0 Å². The Labute approximate surface area is 163 Å². The first-order chi connectivity index (χ1) is 13.4. The molecule has 0 aliphatic carbocycles. The monoisotopic (exact) mass is 396 g/mol. The lowest BCUT2D eigenvalue weighted by Crippen LogP contribution is -2.23. The molecule has 28 heavy (non-hydrogen) atoms. The fraction of sp³-hybridized carbons (Fsp3) is 0.100. The summed E-state index contributed by atoms with van der Waals surface area (Å²) in [7, 11) is -3.69. The van der Waals surface area contributed by atoms with Crippen LogP contribution in [0.1, 0.15) is 11.1 Å². The van der Waals surface area contributed by atoms with Gasteiger partial charge in [-0.25, -0.2) is 18.2 Å². The predicted octanol–water partition coefficient (Wildman–Crippen LogP) is 1.89. The molecule has 0 spiro atoms. The number of hydrogen-bond acceptors (Lipinski definition) is 4. The van der Waals surface area contributed by atoms with Crippen LogP contribution in [0, 0.1) is 0 Å². The van der Waals surface area contributed by atoms with Crippen molar-refractivity contribution < 1.29 is 13.2 Å². The number of aromatic nitrogens is 2. The average Bonchev–Trinajstić information content (AvgIpc) is 3.16. The van der Waals surface area contributed by atoms with Gasteiger partial charge in [-0.1, -0.05) is 30.3 Å². The van der Waals surface area contributed by atoms with Gasteiger partial charge in [0, 0.05) is 24.4 Å². The number of rotatable bonds is 7. The summed E-state index contributed by atoms with van der Waals surface area (Å²) in [5, 5.41) is 12.1. The standard InChI is InChI=1S/C20H20N4O3S/c21-28(26,27)19-9-6-16(7-10-19)12-13-22-20(25)11-8-17-14-23-24(15-17)18-4-2-1-3-5-18/h1-11,14-15H,12-13H2,(H,22,25)(H2,21,26,27)/b11-8+. The van der Waals surface area contributed by atoms with Gasteiger partial charge in [0.15, 0.2) is 0 Å². The van der Waals surface area contributed by atoms with Crippen LogP contribution in [0.3, 0.4) is 0 Å². The highest BCUT2D eigenvalue weighted by Crippen LogP contribution is 2.10. The van der Waals surface area contributed by atoms with Gasteiger partial charge in [0.2, 0.25) is 15.9 Å². The van der Waals surface area contributed by atoms with Crippen LogP contribution in [0.25, 0.3) is 11.8 Å². The summed E-state index contributed by atoms with van der Waals surface area (Å²) < 4.78 is 24.2. The molecule has 8 heteroatoms. The van der Waals surface area contributed by atoms with E-state index in [0.29, 0.717) is 13.0 Å². The average molecular weight is 396 g/mol. The summed E-state index contributed by atoms with van der Waals surface area (Å²) in [4.78, 5) is 12.0. The van der Waals surface area contributed by atoms with E-state index in [1.165, 1.54) is 18.2 Å². The van der Waals surface area contributed by atoms with Crippen LogP contribution in [0.5, 0.6) is 0 Å². The quantitative estimate of drug-likeness (QED) is 0.595. The van der Waals surface area contributed by atoms with Crippen molar-refractivity contribution in [2.45, 2.75) is 11.3 Å². The molecule has 0 saturated heterocycles. The third-order valence-corrected chi connectivity index (χ3v) is 4.94. The van der Waals surface area contributed by atoms with Crippen LogP contribution in [0.4, 0.5) is 0 Å². The molecule has 1 aromatic heterocycles. The molecule has 2 aromatic carbocycles. The highest BCUT2D eigenvalue weighted by atomic mass is 32.2. The van der Waals surface area contributed by atoms with Crippen molar-refractivity contribution in [2.24, 2.45) is 5.14 Å². The van der Waals surface area contributed by atoms with Gasteiger partial charge in [-0.05, 0) is 42.3 Å². The highest BCUT2D eigenvalue weighted by Gasteiger charge is 2.06. The van der Waals surface area contributed by atoms with Crippen LogP contribution in [0.2, 0.25) is 0 Å². The Balaban J connectivity index is 1.49. The maximum atomic E-state index is 11.9. The molecule has 0 unspecified atom stereocenters. The van der Waals surface area contributed by atoms with Crippen LogP contribution >= 0.6 is 0 Å². The van der Waals surface area contributed by atoms with Gasteiger partial charge in [-0.2, -0.15) is 5.10 Å². The number of para-hydroxylation sites is 1. The zero-order valence-electron chi connectivity index (χ0n) is 15.0. The van der Waals surface area contributed by atoms with Crippen molar-refractivity contribution >= 4 is 22.0 Å². The number of benzene rings is 2. The van der Waals surface area contributed by atoms with E-state index in [0.717, 1.165) is 16.8 Å². The van der Waals surface area contributed by atoms with E-state index in [1.807, 2.05) is 36.5 Å². The highest BCUT2D eigenvalue weighted by molar-refractivity contribution is 7.89. The smallest absolute Gasteiger partial charge is 0.244 e. The lowest BCUT2D eigenvalue weighted by molar-refractivity contribution is -0.116. The van der Waals surface area contributed by atoms with E-state index in [2.05, 4.69) is 10.4 Å². The van der Waals surface area contributed by atoms with Crippen molar-refractivity contribution in [3.8, 4) is 5.69 Å². The van der Waals surface area contributed by atoms with E-state index in [9.17, 15) is 13.2 Å². The number of hydrogen-bond donors (Lipinski definition) is 2. The molecular formula is C20H20N4O3S. The number of amides is 1.